The first-order chi connectivity index (χ1) is 10.1. The zero-order chi connectivity index (χ0) is 15.9. The molecule has 21 heavy (non-hydrogen) atoms. The number of carbonyl (C=O) groups is 1. The monoisotopic (exact) mass is 294 g/mol. The van der Waals surface area contributed by atoms with E-state index in [-0.39, 0.29) is 5.92 Å². The van der Waals surface area contributed by atoms with Crippen molar-refractivity contribution in [2.45, 2.75) is 84.5 Å². The van der Waals surface area contributed by atoms with Gasteiger partial charge in [0.2, 0.25) is 0 Å². The van der Waals surface area contributed by atoms with E-state index in [1.54, 1.807) is 0 Å². The van der Waals surface area contributed by atoms with E-state index in [2.05, 4.69) is 32.6 Å². The number of carboxylic acids is 1. The van der Waals surface area contributed by atoms with Crippen molar-refractivity contribution in [3.63, 3.8) is 0 Å². The summed E-state index contributed by atoms with van der Waals surface area (Å²) in [7, 11) is 0. The minimum atomic E-state index is -0.858. The third-order valence-corrected chi connectivity index (χ3v) is 3.93. The highest BCUT2D eigenvalue weighted by Gasteiger charge is 2.14. The van der Waals surface area contributed by atoms with Gasteiger partial charge in [-0.3, -0.25) is 0 Å². The van der Waals surface area contributed by atoms with Crippen molar-refractivity contribution in [1.82, 2.24) is 0 Å². The molecule has 0 aliphatic heterocycles. The van der Waals surface area contributed by atoms with Gasteiger partial charge in [0.25, 0.3) is 0 Å². The van der Waals surface area contributed by atoms with Gasteiger partial charge >= 0.3 is 5.97 Å². The van der Waals surface area contributed by atoms with Crippen LogP contribution in [0.4, 0.5) is 0 Å². The summed E-state index contributed by atoms with van der Waals surface area (Å²) < 4.78 is 0. The lowest BCUT2D eigenvalue weighted by Crippen LogP contribution is -2.09. The van der Waals surface area contributed by atoms with Crippen LogP contribution in [-0.2, 0) is 4.79 Å². The molecule has 0 rings (SSSR count). The van der Waals surface area contributed by atoms with Gasteiger partial charge in [-0.05, 0) is 19.3 Å². The second kappa shape index (κ2) is 13.9. The molecule has 0 aliphatic carbocycles. The summed E-state index contributed by atoms with van der Waals surface area (Å²) in [5.74, 6) is -0.849. The van der Waals surface area contributed by atoms with Gasteiger partial charge in [0.1, 0.15) is 0 Å². The summed E-state index contributed by atoms with van der Waals surface area (Å²) in [6, 6.07) is 0. The van der Waals surface area contributed by atoms with Crippen LogP contribution in [0.1, 0.15) is 84.5 Å². The Morgan fingerprint density at radius 1 is 1.00 bits per heavy atom. The topological polar surface area (TPSA) is 37.3 Å². The molecular weight excluding hydrogens is 260 g/mol. The van der Waals surface area contributed by atoms with Crippen LogP contribution < -0.4 is 0 Å². The first-order valence-electron chi connectivity index (χ1n) is 8.72. The average molecular weight is 294 g/mol. The lowest BCUT2D eigenvalue weighted by Gasteiger charge is -2.12. The quantitative estimate of drug-likeness (QED) is 0.238. The van der Waals surface area contributed by atoms with E-state index in [4.69, 9.17) is 5.11 Å². The number of rotatable bonds is 14. The molecule has 0 amide bonds. The van der Waals surface area contributed by atoms with E-state index in [0.29, 0.717) is 5.57 Å². The van der Waals surface area contributed by atoms with Gasteiger partial charge in [0, 0.05) is 11.5 Å². The Labute approximate surface area is 131 Å². The van der Waals surface area contributed by atoms with Crippen LogP contribution in [-0.4, -0.2) is 11.1 Å². The zero-order valence-electron chi connectivity index (χ0n) is 14.1. The fourth-order valence-electron chi connectivity index (χ4n) is 2.46. The number of hydrogen-bond acceptors (Lipinski definition) is 1. The minimum absolute atomic E-state index is 0.00926. The van der Waals surface area contributed by atoms with Gasteiger partial charge in [-0.1, -0.05) is 83.9 Å². The van der Waals surface area contributed by atoms with E-state index >= 15 is 0 Å². The lowest BCUT2D eigenvalue weighted by atomic mass is 9.93. The van der Waals surface area contributed by atoms with Crippen LogP contribution in [0.25, 0.3) is 0 Å². The van der Waals surface area contributed by atoms with Crippen molar-refractivity contribution in [1.29, 1.82) is 0 Å². The van der Waals surface area contributed by atoms with E-state index in [1.165, 1.54) is 51.4 Å². The van der Waals surface area contributed by atoms with Gasteiger partial charge in [-0.2, -0.15) is 0 Å². The Bertz CT molecular complexity index is 305. The van der Waals surface area contributed by atoms with Crippen LogP contribution in [0.2, 0.25) is 0 Å². The first-order valence-corrected chi connectivity index (χ1v) is 8.72. The molecule has 0 radical (unpaired) electrons. The maximum absolute atomic E-state index is 11.1. The first kappa shape index (κ1) is 19.9. The molecular formula is C19H34O2. The molecule has 1 unspecified atom stereocenters. The Kier molecular flexibility index (Phi) is 13.2. The highest BCUT2D eigenvalue weighted by Crippen LogP contribution is 2.20. The van der Waals surface area contributed by atoms with Crippen molar-refractivity contribution < 1.29 is 9.90 Å². The SMILES string of the molecule is C=C(C(=O)O)C(/C=C\CCCCCCC)CCCCCC. The van der Waals surface area contributed by atoms with Crippen molar-refractivity contribution in [2.24, 2.45) is 5.92 Å². The van der Waals surface area contributed by atoms with Crippen LogP contribution in [0.5, 0.6) is 0 Å². The van der Waals surface area contributed by atoms with Crippen molar-refractivity contribution in [2.75, 3.05) is 0 Å². The minimum Gasteiger partial charge on any atom is -0.478 e. The van der Waals surface area contributed by atoms with E-state index in [1.807, 2.05) is 0 Å². The fraction of sp³-hybridized carbons (Fsp3) is 0.737. The number of allylic oxidation sites excluding steroid dienone is 2. The molecule has 2 heteroatoms. The zero-order valence-corrected chi connectivity index (χ0v) is 14.1. The van der Waals surface area contributed by atoms with Crippen LogP contribution in [0, 0.1) is 5.92 Å². The largest absolute Gasteiger partial charge is 0.478 e. The van der Waals surface area contributed by atoms with Gasteiger partial charge in [0.05, 0.1) is 0 Å². The molecule has 0 aliphatic rings. The van der Waals surface area contributed by atoms with Gasteiger partial charge in [-0.15, -0.1) is 0 Å². The molecule has 0 saturated heterocycles. The molecule has 0 bridgehead atoms. The summed E-state index contributed by atoms with van der Waals surface area (Å²) in [6.45, 7) is 8.15. The second-order valence-corrected chi connectivity index (χ2v) is 5.92. The summed E-state index contributed by atoms with van der Waals surface area (Å²) >= 11 is 0. The summed E-state index contributed by atoms with van der Waals surface area (Å²) in [5.41, 5.74) is 0.341. The van der Waals surface area contributed by atoms with Crippen LogP contribution in [0.3, 0.4) is 0 Å². The van der Waals surface area contributed by atoms with Crippen molar-refractivity contribution in [3.05, 3.63) is 24.3 Å². The van der Waals surface area contributed by atoms with Crippen molar-refractivity contribution in [3.8, 4) is 0 Å². The third kappa shape index (κ3) is 11.3. The molecule has 0 heterocycles. The summed E-state index contributed by atoms with van der Waals surface area (Å²) in [6.07, 6.45) is 17.3. The van der Waals surface area contributed by atoms with Gasteiger partial charge < -0.3 is 5.11 Å². The molecule has 1 N–H and O–H groups in total. The number of unbranched alkanes of at least 4 members (excludes halogenated alkanes) is 8. The van der Waals surface area contributed by atoms with Gasteiger partial charge in [0.15, 0.2) is 0 Å². The van der Waals surface area contributed by atoms with Gasteiger partial charge in [-0.25, -0.2) is 4.79 Å². The predicted molar refractivity (Wildman–Crippen MR) is 91.5 cm³/mol. The van der Waals surface area contributed by atoms with Crippen LogP contribution >= 0.6 is 0 Å². The standard InChI is InChI=1S/C19H34O2/c1-4-6-8-10-11-12-14-16-18(17(3)19(20)21)15-13-9-7-5-2/h14,16,18H,3-13,15H2,1-2H3,(H,20,21)/b16-14-. The molecule has 0 aromatic carbocycles. The molecule has 0 fully saturated rings. The number of carboxylic acid groups (broad SMARTS) is 1. The molecule has 122 valence electrons. The Morgan fingerprint density at radius 3 is 2.14 bits per heavy atom. The molecule has 2 nitrogen and oxygen atoms in total. The third-order valence-electron chi connectivity index (χ3n) is 3.93. The molecule has 0 aromatic heterocycles. The lowest BCUT2D eigenvalue weighted by molar-refractivity contribution is -0.133. The summed E-state index contributed by atoms with van der Waals surface area (Å²) in [5, 5.41) is 9.12. The molecule has 1 atom stereocenters. The van der Waals surface area contributed by atoms with Crippen LogP contribution in [0.15, 0.2) is 24.3 Å². The maximum Gasteiger partial charge on any atom is 0.331 e. The van der Waals surface area contributed by atoms with E-state index in [9.17, 15) is 4.79 Å². The highest BCUT2D eigenvalue weighted by atomic mass is 16.4. The maximum atomic E-state index is 11.1. The molecule has 0 aromatic rings. The number of aliphatic carboxylic acids is 1. The molecule has 0 saturated carbocycles. The highest BCUT2D eigenvalue weighted by molar-refractivity contribution is 5.86. The molecule has 0 spiro atoms. The Hall–Kier alpha value is -1.05. The van der Waals surface area contributed by atoms with Crippen molar-refractivity contribution >= 4 is 5.97 Å². The van der Waals surface area contributed by atoms with E-state index < -0.39 is 5.97 Å². The predicted octanol–water partition coefficient (Wildman–Crippen LogP) is 6.13. The Balaban J connectivity index is 4.08. The Morgan fingerprint density at radius 2 is 1.57 bits per heavy atom. The average Bonchev–Trinajstić information content (AvgIpc) is 2.47. The second-order valence-electron chi connectivity index (χ2n) is 5.92. The normalized spacial score (nSPS) is 12.7. The smallest absolute Gasteiger partial charge is 0.331 e. The number of hydrogen-bond donors (Lipinski definition) is 1. The van der Waals surface area contributed by atoms with E-state index in [0.717, 1.165) is 19.3 Å². The fourth-order valence-corrected chi connectivity index (χ4v) is 2.46. The summed E-state index contributed by atoms with van der Waals surface area (Å²) in [4.78, 5) is 11.1.